The van der Waals surface area contributed by atoms with Gasteiger partial charge in [-0.2, -0.15) is 0 Å². The van der Waals surface area contributed by atoms with Gasteiger partial charge < -0.3 is 14.8 Å². The molecule has 0 unspecified atom stereocenters. The zero-order valence-corrected chi connectivity index (χ0v) is 16.0. The van der Waals surface area contributed by atoms with Gasteiger partial charge in [0.25, 0.3) is 0 Å². The summed E-state index contributed by atoms with van der Waals surface area (Å²) in [7, 11) is 0. The Hall–Kier alpha value is -2.89. The lowest BCUT2D eigenvalue weighted by Crippen LogP contribution is -2.57. The summed E-state index contributed by atoms with van der Waals surface area (Å²) >= 11 is 0. The van der Waals surface area contributed by atoms with Crippen molar-refractivity contribution >= 4 is 22.8 Å². The number of carbonyl (C=O) groups is 1. The van der Waals surface area contributed by atoms with E-state index in [-0.39, 0.29) is 5.54 Å². The van der Waals surface area contributed by atoms with Gasteiger partial charge in [0.1, 0.15) is 17.8 Å². The first-order valence-electron chi connectivity index (χ1n) is 10.1. The highest BCUT2D eigenvalue weighted by Crippen LogP contribution is 2.45. The van der Waals surface area contributed by atoms with E-state index in [2.05, 4.69) is 49.0 Å². The fraction of sp³-hybridized carbons (Fsp3) is 0.409. The Bertz CT molecular complexity index is 979. The van der Waals surface area contributed by atoms with Gasteiger partial charge in [0, 0.05) is 32.3 Å². The van der Waals surface area contributed by atoms with Crippen LogP contribution in [-0.4, -0.2) is 50.9 Å². The zero-order valence-electron chi connectivity index (χ0n) is 16.0. The van der Waals surface area contributed by atoms with E-state index in [0.29, 0.717) is 12.3 Å². The van der Waals surface area contributed by atoms with Gasteiger partial charge in [-0.05, 0) is 37.3 Å². The Morgan fingerprint density at radius 2 is 1.96 bits per heavy atom. The Kier molecular flexibility index (Phi) is 4.26. The summed E-state index contributed by atoms with van der Waals surface area (Å²) in [6.07, 6.45) is 8.22. The lowest BCUT2D eigenvalue weighted by molar-refractivity contribution is -0.135. The van der Waals surface area contributed by atoms with E-state index in [0.717, 1.165) is 62.2 Å². The Labute approximate surface area is 164 Å². The van der Waals surface area contributed by atoms with Gasteiger partial charge in [0.05, 0.1) is 10.9 Å². The molecule has 1 amide bonds. The molecule has 0 atom stereocenters. The van der Waals surface area contributed by atoms with E-state index < -0.39 is 0 Å². The van der Waals surface area contributed by atoms with Crippen LogP contribution < -0.4 is 4.90 Å². The van der Waals surface area contributed by atoms with Crippen molar-refractivity contribution in [1.82, 2.24) is 19.9 Å². The number of piperazine rings is 1. The molecule has 144 valence electrons. The molecule has 2 aromatic heterocycles. The van der Waals surface area contributed by atoms with E-state index in [1.807, 2.05) is 18.3 Å². The van der Waals surface area contributed by atoms with Crippen LogP contribution in [0.15, 0.2) is 48.9 Å². The molecule has 2 aliphatic rings. The van der Waals surface area contributed by atoms with Crippen molar-refractivity contribution in [3.8, 4) is 0 Å². The minimum atomic E-state index is 0.00958. The van der Waals surface area contributed by atoms with E-state index >= 15 is 0 Å². The molecule has 1 aliphatic heterocycles. The van der Waals surface area contributed by atoms with Crippen LogP contribution in [0.2, 0.25) is 0 Å². The van der Waals surface area contributed by atoms with E-state index in [4.69, 9.17) is 0 Å². The van der Waals surface area contributed by atoms with Crippen LogP contribution in [0, 0.1) is 0 Å². The van der Waals surface area contributed by atoms with Gasteiger partial charge in [-0.15, -0.1) is 0 Å². The summed E-state index contributed by atoms with van der Waals surface area (Å²) in [5.41, 5.74) is 2.19. The van der Waals surface area contributed by atoms with E-state index in [9.17, 15) is 4.79 Å². The molecule has 1 saturated heterocycles. The molecule has 1 saturated carbocycles. The number of hydrogen-bond donors (Lipinski definition) is 1. The molecule has 0 bridgehead atoms. The molecule has 1 N–H and O–H groups in total. The number of nitrogens with zero attached hydrogens (tertiary/aromatic N) is 4. The molecule has 0 radical (unpaired) electrons. The minimum absolute atomic E-state index is 0.00958. The van der Waals surface area contributed by atoms with Crippen molar-refractivity contribution in [3.05, 3.63) is 54.5 Å². The predicted molar refractivity (Wildman–Crippen MR) is 109 cm³/mol. The highest BCUT2D eigenvalue weighted by atomic mass is 16.2. The molecular weight excluding hydrogens is 350 g/mol. The van der Waals surface area contributed by atoms with Gasteiger partial charge >= 0.3 is 0 Å². The number of H-pyrrole nitrogens is 1. The predicted octanol–water partition coefficient (Wildman–Crippen LogP) is 3.16. The molecule has 1 aromatic carbocycles. The number of nitrogens with one attached hydrogen (secondary N) is 1. The number of anilines is 1. The fourth-order valence-corrected chi connectivity index (χ4v) is 4.45. The second-order valence-electron chi connectivity index (χ2n) is 7.97. The highest BCUT2D eigenvalue weighted by molar-refractivity contribution is 5.87. The largest absolute Gasteiger partial charge is 0.352 e. The first kappa shape index (κ1) is 17.2. The van der Waals surface area contributed by atoms with Crippen LogP contribution in [-0.2, 0) is 11.2 Å². The summed E-state index contributed by atoms with van der Waals surface area (Å²) in [5.74, 6) is 1.29. The van der Waals surface area contributed by atoms with E-state index in [1.165, 1.54) is 5.56 Å². The Morgan fingerprint density at radius 1 is 1.11 bits per heavy atom. The first-order chi connectivity index (χ1) is 13.8. The van der Waals surface area contributed by atoms with Gasteiger partial charge in [0.15, 0.2) is 0 Å². The Balaban J connectivity index is 1.24. The van der Waals surface area contributed by atoms with Crippen LogP contribution in [0.3, 0.4) is 0 Å². The number of amides is 1. The van der Waals surface area contributed by atoms with Crippen molar-refractivity contribution in [3.63, 3.8) is 0 Å². The third kappa shape index (κ3) is 3.13. The number of hydrogen-bond acceptors (Lipinski definition) is 4. The number of aromatic nitrogens is 3. The maximum atomic E-state index is 12.9. The maximum absolute atomic E-state index is 12.9. The van der Waals surface area contributed by atoms with Gasteiger partial charge in [-0.3, -0.25) is 4.79 Å². The second kappa shape index (κ2) is 6.93. The first-order valence-corrected chi connectivity index (χ1v) is 10.1. The smallest absolute Gasteiger partial charge is 0.223 e. The molecule has 1 spiro atoms. The highest BCUT2D eigenvalue weighted by Gasteiger charge is 2.53. The monoisotopic (exact) mass is 375 g/mol. The normalized spacial score (nSPS) is 18.0. The topological polar surface area (TPSA) is 65.1 Å². The maximum Gasteiger partial charge on any atom is 0.223 e. The van der Waals surface area contributed by atoms with Crippen molar-refractivity contribution in [2.24, 2.45) is 0 Å². The summed E-state index contributed by atoms with van der Waals surface area (Å²) in [6, 6.07) is 12.5. The van der Waals surface area contributed by atoms with Crippen LogP contribution in [0.4, 0.5) is 5.82 Å². The van der Waals surface area contributed by atoms with Gasteiger partial charge in [0.2, 0.25) is 5.91 Å². The van der Waals surface area contributed by atoms with Crippen LogP contribution in [0.1, 0.15) is 31.2 Å². The quantitative estimate of drug-likeness (QED) is 0.744. The number of rotatable bonds is 5. The summed E-state index contributed by atoms with van der Waals surface area (Å²) < 4.78 is 0. The number of carbonyl (C=O) groups excluding carboxylic acids is 1. The summed E-state index contributed by atoms with van der Waals surface area (Å²) in [6.45, 7) is 2.47. The molecule has 1 aliphatic carbocycles. The molecule has 6 nitrogen and oxygen atoms in total. The number of benzene rings is 1. The van der Waals surface area contributed by atoms with Crippen molar-refractivity contribution in [2.75, 3.05) is 24.5 Å². The second-order valence-corrected chi connectivity index (χ2v) is 7.97. The molecule has 28 heavy (non-hydrogen) atoms. The van der Waals surface area contributed by atoms with Crippen molar-refractivity contribution in [2.45, 2.75) is 37.6 Å². The van der Waals surface area contributed by atoms with Crippen LogP contribution >= 0.6 is 0 Å². The lowest BCUT2D eigenvalue weighted by atomic mass is 10.1. The third-order valence-corrected chi connectivity index (χ3v) is 6.11. The van der Waals surface area contributed by atoms with Crippen LogP contribution in [0.5, 0.6) is 0 Å². The zero-order chi connectivity index (χ0) is 19.0. The average Bonchev–Trinajstić information content (AvgIpc) is 3.30. The summed E-state index contributed by atoms with van der Waals surface area (Å²) in [5, 5.41) is 1.06. The van der Waals surface area contributed by atoms with Gasteiger partial charge in [-0.1, -0.05) is 30.3 Å². The molecule has 3 heterocycles. The van der Waals surface area contributed by atoms with Gasteiger partial charge in [-0.25, -0.2) is 9.97 Å². The molecule has 3 aromatic rings. The van der Waals surface area contributed by atoms with E-state index in [1.54, 1.807) is 6.33 Å². The average molecular weight is 375 g/mol. The molecule has 5 rings (SSSR count). The lowest BCUT2D eigenvalue weighted by Gasteiger charge is -2.43. The Morgan fingerprint density at radius 3 is 2.79 bits per heavy atom. The van der Waals surface area contributed by atoms with Crippen molar-refractivity contribution in [1.29, 1.82) is 0 Å². The molecule has 6 heteroatoms. The minimum Gasteiger partial charge on any atom is -0.352 e. The van der Waals surface area contributed by atoms with Crippen molar-refractivity contribution < 1.29 is 4.79 Å². The third-order valence-electron chi connectivity index (χ3n) is 6.11. The summed E-state index contributed by atoms with van der Waals surface area (Å²) in [4.78, 5) is 29.4. The number of aryl methyl sites for hydroxylation is 1. The molecular formula is C22H25N5O. The van der Waals surface area contributed by atoms with Crippen LogP contribution in [0.25, 0.3) is 11.0 Å². The number of fused-ring (bicyclic) bond motifs is 1. The molecule has 2 fully saturated rings. The SMILES string of the molecule is O=C(CCCc1ccccc1)N1CCN(c2ncnc3[nH]ccc23)CC12CC2. The standard InChI is InChI=1S/C22H25N5O/c28-19(8-4-7-17-5-2-1-3-6-17)27-14-13-26(15-22(27)10-11-22)21-18-9-12-23-20(18)24-16-25-21/h1-3,5-6,9,12,16H,4,7-8,10-11,13-15H2,(H,23,24,25). The fourth-order valence-electron chi connectivity index (χ4n) is 4.45. The number of aromatic amines is 1.